The summed E-state index contributed by atoms with van der Waals surface area (Å²) < 4.78 is 0. The predicted octanol–water partition coefficient (Wildman–Crippen LogP) is -2.64. The topological polar surface area (TPSA) is 63.0 Å². The van der Waals surface area contributed by atoms with E-state index in [4.69, 9.17) is 0 Å². The Bertz CT molecular complexity index is 11.5. The van der Waals surface area contributed by atoms with Gasteiger partial charge in [0.15, 0.2) is 0 Å². The van der Waals surface area contributed by atoms with Gasteiger partial charge in [0, 0.05) is 0 Å². The Kier molecular flexibility index (Phi) is 566. The van der Waals surface area contributed by atoms with Crippen LogP contribution in [-0.4, -0.2) is 76.0 Å². The number of hydrogen-bond acceptors (Lipinski definition) is 0. The van der Waals surface area contributed by atoms with E-state index in [0.29, 0.717) is 0 Å². The number of rotatable bonds is 0. The molecule has 6 heteroatoms. The molecule has 0 amide bonds. The zero-order valence-electron chi connectivity index (χ0n) is 2.52. The second-order valence-electron chi connectivity index (χ2n) is 0. The van der Waals surface area contributed by atoms with Crippen LogP contribution in [0.4, 0.5) is 0 Å². The summed E-state index contributed by atoms with van der Waals surface area (Å²) in [5, 5.41) is 0. The molecule has 2 nitrogen and oxygen atoms in total. The molecule has 0 heterocycles. The Hall–Kier alpha value is 2.68. The molecule has 0 aliphatic carbocycles. The van der Waals surface area contributed by atoms with Crippen LogP contribution in [0.1, 0.15) is 0 Å². The zero-order chi connectivity index (χ0) is 0. The van der Waals surface area contributed by atoms with E-state index in [1.54, 1.807) is 0 Å². The Labute approximate surface area is 99.0 Å². The van der Waals surface area contributed by atoms with Crippen molar-refractivity contribution in [2.75, 3.05) is 0 Å². The Balaban J connectivity index is 0. The monoisotopic (exact) mass is 360 g/mol. The first-order chi connectivity index (χ1) is 0. The average Bonchev–Trinajstić information content (AvgIpc) is 0. The standard InChI is InChI=1S/Ca.2ClH.2H2O.Pb.4H/h;2*1H;2*1H2;;;;;. The fourth-order valence-electron chi connectivity index (χ4n) is 0. The predicted molar refractivity (Wildman–Crippen MR) is 38.8 cm³/mol. The van der Waals surface area contributed by atoms with Crippen LogP contribution in [0, 0.1) is 0 Å². The fraction of sp³-hybridized carbons (Fsp3) is 0. The first-order valence-corrected chi connectivity index (χ1v) is 0. The van der Waals surface area contributed by atoms with Crippen molar-refractivity contribution in [2.24, 2.45) is 0 Å². The summed E-state index contributed by atoms with van der Waals surface area (Å²) in [7, 11) is 0. The number of hydrogen-bond donors (Lipinski definition) is 0. The van der Waals surface area contributed by atoms with Gasteiger partial charge in [-0.15, -0.1) is 24.8 Å². The molecule has 0 spiro atoms. The first kappa shape index (κ1) is 71.2. The van der Waals surface area contributed by atoms with E-state index in [2.05, 4.69) is 0 Å². The van der Waals surface area contributed by atoms with Gasteiger partial charge in [-0.25, -0.2) is 0 Å². The molecule has 4 N–H and O–H groups in total. The van der Waals surface area contributed by atoms with E-state index in [1.807, 2.05) is 0 Å². The van der Waals surface area contributed by atoms with Crippen LogP contribution < -0.4 is 0 Å². The molecule has 0 atom stereocenters. The van der Waals surface area contributed by atoms with Gasteiger partial charge in [0.2, 0.25) is 0 Å². The quantitative estimate of drug-likeness (QED) is 0.424. The molecule has 0 aliphatic heterocycles. The second-order valence-corrected chi connectivity index (χ2v) is 0. The SMILES string of the molecule is Cl.Cl.O.O.[CaH2].[PbH2]. The van der Waals surface area contributed by atoms with E-state index in [9.17, 15) is 0 Å². The van der Waals surface area contributed by atoms with Gasteiger partial charge in [-0.2, -0.15) is 0 Å². The summed E-state index contributed by atoms with van der Waals surface area (Å²) in [6.07, 6.45) is 0. The van der Waals surface area contributed by atoms with Crippen LogP contribution >= 0.6 is 24.8 Å². The van der Waals surface area contributed by atoms with Gasteiger partial charge in [0.25, 0.3) is 0 Å². The molecule has 2 radical (unpaired) electrons. The van der Waals surface area contributed by atoms with Crippen molar-refractivity contribution in [1.29, 1.82) is 0 Å². The van der Waals surface area contributed by atoms with Crippen molar-refractivity contribution in [3.63, 3.8) is 0 Å². The van der Waals surface area contributed by atoms with Gasteiger partial charge in [-0.05, 0) is 0 Å². The molecule has 6 heavy (non-hydrogen) atoms. The van der Waals surface area contributed by atoms with Crippen molar-refractivity contribution in [3.05, 3.63) is 0 Å². The molecule has 0 aliphatic rings. The maximum atomic E-state index is 0. The van der Waals surface area contributed by atoms with Gasteiger partial charge >= 0.3 is 65.0 Å². The van der Waals surface area contributed by atoms with Crippen molar-refractivity contribution in [3.8, 4) is 0 Å². The number of halogens is 2. The van der Waals surface area contributed by atoms with Gasteiger partial charge in [0.05, 0.1) is 0 Å². The molecular weight excluding hydrogens is 350 g/mol. The van der Waals surface area contributed by atoms with E-state index in [0.717, 1.165) is 0 Å². The van der Waals surface area contributed by atoms with Gasteiger partial charge in [-0.1, -0.05) is 0 Å². The third-order valence-corrected chi connectivity index (χ3v) is 0. The molecule has 0 saturated carbocycles. The molecule has 0 aromatic heterocycles. The molecule has 0 saturated heterocycles. The molecule has 0 rings (SSSR count). The van der Waals surface area contributed by atoms with Crippen molar-refractivity contribution in [1.82, 2.24) is 0 Å². The third-order valence-electron chi connectivity index (χ3n) is 0. The van der Waals surface area contributed by atoms with Crippen molar-refractivity contribution >= 4 is 89.9 Å². The first-order valence-electron chi connectivity index (χ1n) is 0. The molecule has 0 fully saturated rings. The Morgan fingerprint density at radius 3 is 0.667 bits per heavy atom. The van der Waals surface area contributed by atoms with Crippen LogP contribution in [0.15, 0.2) is 0 Å². The van der Waals surface area contributed by atoms with Crippen LogP contribution in [0.5, 0.6) is 0 Å². The summed E-state index contributed by atoms with van der Waals surface area (Å²) in [4.78, 5) is 0. The van der Waals surface area contributed by atoms with Crippen LogP contribution in [0.2, 0.25) is 0 Å². The van der Waals surface area contributed by atoms with Gasteiger partial charge in [0.1, 0.15) is 0 Å². The Morgan fingerprint density at radius 1 is 0.667 bits per heavy atom. The molecule has 0 aromatic rings. The van der Waals surface area contributed by atoms with Gasteiger partial charge in [-0.3, -0.25) is 0 Å². The Morgan fingerprint density at radius 2 is 0.667 bits per heavy atom. The maximum absolute atomic E-state index is 0. The normalized spacial score (nSPS) is 0. The molecule has 0 unspecified atom stereocenters. The summed E-state index contributed by atoms with van der Waals surface area (Å²) >= 11 is 0. The van der Waals surface area contributed by atoms with E-state index in [1.165, 1.54) is 0 Å². The van der Waals surface area contributed by atoms with Crippen LogP contribution in [0.3, 0.4) is 0 Å². The minimum atomic E-state index is 0. The summed E-state index contributed by atoms with van der Waals surface area (Å²) in [5.74, 6) is 0. The summed E-state index contributed by atoms with van der Waals surface area (Å²) in [6, 6.07) is 0. The molecule has 42 valence electrons. The molecular formula is H10CaCl2O2Pb. The fourth-order valence-corrected chi connectivity index (χ4v) is 0. The molecule has 0 aromatic carbocycles. The average molecular weight is 360 g/mol. The van der Waals surface area contributed by atoms with Crippen LogP contribution in [-0.2, 0) is 0 Å². The second kappa shape index (κ2) is 47.7. The summed E-state index contributed by atoms with van der Waals surface area (Å²) in [5.41, 5.74) is 0. The zero-order valence-corrected chi connectivity index (χ0v) is 9.65. The van der Waals surface area contributed by atoms with Crippen LogP contribution in [0.25, 0.3) is 0 Å². The third kappa shape index (κ3) is 30.0. The minimum absolute atomic E-state index is 0. The van der Waals surface area contributed by atoms with E-state index >= 15 is 0 Å². The molecule has 0 bridgehead atoms. The van der Waals surface area contributed by atoms with Gasteiger partial charge < -0.3 is 11.0 Å². The van der Waals surface area contributed by atoms with E-state index in [-0.39, 0.29) is 101 Å². The van der Waals surface area contributed by atoms with Crippen molar-refractivity contribution in [2.45, 2.75) is 0 Å². The summed E-state index contributed by atoms with van der Waals surface area (Å²) in [6.45, 7) is 0. The van der Waals surface area contributed by atoms with E-state index < -0.39 is 0 Å². The van der Waals surface area contributed by atoms with Crippen molar-refractivity contribution < 1.29 is 11.0 Å².